The Hall–Kier alpha value is -2.95. The molecule has 10 heteroatoms. The summed E-state index contributed by atoms with van der Waals surface area (Å²) in [6.07, 6.45) is 4.25. The van der Waals surface area contributed by atoms with E-state index < -0.39 is 21.9 Å². The fourth-order valence-electron chi connectivity index (χ4n) is 2.60. The first-order valence-corrected chi connectivity index (χ1v) is 9.82. The van der Waals surface area contributed by atoms with E-state index in [0.29, 0.717) is 16.7 Å². The number of aromatic amines is 1. The molecule has 2 aromatic heterocycles. The van der Waals surface area contributed by atoms with Crippen LogP contribution in [-0.2, 0) is 10.0 Å². The molecule has 28 heavy (non-hydrogen) atoms. The zero-order valence-corrected chi connectivity index (χ0v) is 15.7. The molecule has 146 valence electrons. The van der Waals surface area contributed by atoms with Crippen molar-refractivity contribution >= 4 is 16.0 Å². The monoisotopic (exact) mass is 404 g/mol. The molecule has 0 bridgehead atoms. The third kappa shape index (κ3) is 4.14. The Labute approximate surface area is 161 Å². The van der Waals surface area contributed by atoms with Crippen molar-refractivity contribution in [3.8, 4) is 22.4 Å². The van der Waals surface area contributed by atoms with Crippen molar-refractivity contribution in [3.63, 3.8) is 0 Å². The van der Waals surface area contributed by atoms with Gasteiger partial charge in [-0.15, -0.1) is 0 Å². The van der Waals surface area contributed by atoms with E-state index in [1.54, 1.807) is 18.2 Å². The molecule has 1 unspecified atom stereocenters. The number of aromatic nitrogens is 3. The number of hydrogen-bond donors (Lipinski definition) is 3. The van der Waals surface area contributed by atoms with Gasteiger partial charge in [0.15, 0.2) is 0 Å². The van der Waals surface area contributed by atoms with Crippen LogP contribution in [0.3, 0.4) is 0 Å². The fraction of sp³-hybridized carbons (Fsp3) is 0.167. The Balaban J connectivity index is 2.03. The molecule has 0 aliphatic heterocycles. The SMILES string of the molecule is CC(CO)NS(=O)(=O)c1ccccc1-c1cnc(-c2cnc(N)[nH+]c2)c(F)c1. The van der Waals surface area contributed by atoms with Gasteiger partial charge in [0.1, 0.15) is 17.7 Å². The molecular weight excluding hydrogens is 385 g/mol. The lowest BCUT2D eigenvalue weighted by molar-refractivity contribution is -0.363. The van der Waals surface area contributed by atoms with Crippen LogP contribution < -0.4 is 15.4 Å². The van der Waals surface area contributed by atoms with Crippen LogP contribution in [0.2, 0.25) is 0 Å². The quantitative estimate of drug-likeness (QED) is 0.562. The van der Waals surface area contributed by atoms with Gasteiger partial charge in [0.25, 0.3) is 0 Å². The summed E-state index contributed by atoms with van der Waals surface area (Å²) >= 11 is 0. The number of hydrogen-bond acceptors (Lipinski definition) is 6. The summed E-state index contributed by atoms with van der Waals surface area (Å²) in [5, 5.41) is 9.12. The van der Waals surface area contributed by atoms with Crippen LogP contribution in [0.1, 0.15) is 6.92 Å². The third-order valence-corrected chi connectivity index (χ3v) is 5.60. The molecule has 5 N–H and O–H groups in total. The molecule has 0 fully saturated rings. The molecule has 0 amide bonds. The van der Waals surface area contributed by atoms with Gasteiger partial charge in [0.05, 0.1) is 23.3 Å². The number of H-pyrrole nitrogens is 1. The van der Waals surface area contributed by atoms with Gasteiger partial charge in [-0.2, -0.15) is 0 Å². The summed E-state index contributed by atoms with van der Waals surface area (Å²) in [4.78, 5) is 10.6. The second kappa shape index (κ2) is 7.97. The van der Waals surface area contributed by atoms with E-state index in [1.165, 1.54) is 37.6 Å². The van der Waals surface area contributed by atoms with Crippen LogP contribution in [-0.4, -0.2) is 36.1 Å². The number of pyridine rings is 1. The number of anilines is 1. The molecule has 2 heterocycles. The minimum Gasteiger partial charge on any atom is -0.395 e. The van der Waals surface area contributed by atoms with Crippen LogP contribution >= 0.6 is 0 Å². The van der Waals surface area contributed by atoms with Crippen molar-refractivity contribution in [2.75, 3.05) is 12.3 Å². The molecule has 0 saturated carbocycles. The summed E-state index contributed by atoms with van der Waals surface area (Å²) in [6, 6.07) is 6.73. The molecule has 3 rings (SSSR count). The van der Waals surface area contributed by atoms with Crippen molar-refractivity contribution < 1.29 is 22.9 Å². The lowest BCUT2D eigenvalue weighted by atomic mass is 10.1. The lowest BCUT2D eigenvalue weighted by Gasteiger charge is -2.15. The number of sulfonamides is 1. The van der Waals surface area contributed by atoms with Gasteiger partial charge < -0.3 is 5.11 Å². The Morgan fingerprint density at radius 2 is 1.96 bits per heavy atom. The van der Waals surface area contributed by atoms with Crippen LogP contribution in [0.4, 0.5) is 10.3 Å². The summed E-state index contributed by atoms with van der Waals surface area (Å²) in [5.74, 6) is -0.453. The maximum Gasteiger partial charge on any atom is 0.386 e. The van der Waals surface area contributed by atoms with E-state index in [9.17, 15) is 12.8 Å². The van der Waals surface area contributed by atoms with E-state index >= 15 is 0 Å². The van der Waals surface area contributed by atoms with Crippen LogP contribution in [0, 0.1) is 5.82 Å². The zero-order valence-electron chi connectivity index (χ0n) is 14.9. The number of nitrogens with one attached hydrogen (secondary N) is 2. The highest BCUT2D eigenvalue weighted by Crippen LogP contribution is 2.29. The van der Waals surface area contributed by atoms with Crippen molar-refractivity contribution in [1.29, 1.82) is 0 Å². The molecule has 1 atom stereocenters. The Morgan fingerprint density at radius 1 is 1.25 bits per heavy atom. The first-order valence-electron chi connectivity index (χ1n) is 8.33. The average molecular weight is 404 g/mol. The highest BCUT2D eigenvalue weighted by molar-refractivity contribution is 7.89. The molecule has 0 aliphatic carbocycles. The van der Waals surface area contributed by atoms with Gasteiger partial charge in [0.2, 0.25) is 10.0 Å². The number of benzene rings is 1. The van der Waals surface area contributed by atoms with Gasteiger partial charge in [-0.1, -0.05) is 23.2 Å². The van der Waals surface area contributed by atoms with Crippen molar-refractivity contribution in [3.05, 3.63) is 54.7 Å². The van der Waals surface area contributed by atoms with Crippen LogP contribution in [0.25, 0.3) is 22.4 Å². The molecule has 0 aliphatic rings. The van der Waals surface area contributed by atoms with Gasteiger partial charge in [0, 0.05) is 23.4 Å². The number of rotatable bonds is 6. The standard InChI is InChI=1S/C18H18FN5O3S/c1-11(10-25)24-28(26,27)16-5-3-2-4-14(16)12-6-15(19)17(21-7-12)13-8-22-18(20)23-9-13/h2-9,11,24-25H,10H2,1H3,(H2,20,22,23)/p+1. The second-order valence-corrected chi connectivity index (χ2v) is 7.83. The van der Waals surface area contributed by atoms with E-state index in [0.717, 1.165) is 0 Å². The predicted molar refractivity (Wildman–Crippen MR) is 101 cm³/mol. The highest BCUT2D eigenvalue weighted by Gasteiger charge is 2.22. The molecular formula is C18H19FN5O3S+. The highest BCUT2D eigenvalue weighted by atomic mass is 32.2. The van der Waals surface area contributed by atoms with Crippen molar-refractivity contribution in [2.24, 2.45) is 0 Å². The maximum atomic E-state index is 14.7. The molecule has 8 nitrogen and oxygen atoms in total. The molecule has 0 saturated heterocycles. The first-order chi connectivity index (χ1) is 13.3. The third-order valence-electron chi connectivity index (χ3n) is 3.95. The number of aliphatic hydroxyl groups is 1. The normalized spacial score (nSPS) is 12.7. The number of nitrogens with two attached hydrogens (primary N) is 1. The Morgan fingerprint density at radius 3 is 2.61 bits per heavy atom. The molecule has 1 aromatic carbocycles. The summed E-state index contributed by atoms with van der Waals surface area (Å²) in [6.45, 7) is 1.19. The van der Waals surface area contributed by atoms with Gasteiger partial charge in [-0.05, 0) is 19.1 Å². The largest absolute Gasteiger partial charge is 0.395 e. The fourth-order valence-corrected chi connectivity index (χ4v) is 4.06. The topological polar surface area (TPSA) is 132 Å². The second-order valence-electron chi connectivity index (χ2n) is 6.14. The van der Waals surface area contributed by atoms with Crippen molar-refractivity contribution in [2.45, 2.75) is 17.9 Å². The predicted octanol–water partition coefficient (Wildman–Crippen LogP) is 1.01. The summed E-state index contributed by atoms with van der Waals surface area (Å²) in [7, 11) is -3.92. The van der Waals surface area contributed by atoms with Crippen LogP contribution in [0.5, 0.6) is 0 Å². The lowest BCUT2D eigenvalue weighted by Crippen LogP contribution is -2.35. The number of halogens is 1. The number of nitrogens with zero attached hydrogens (tertiary/aromatic N) is 2. The van der Waals surface area contributed by atoms with Crippen LogP contribution in [0.15, 0.2) is 53.8 Å². The van der Waals surface area contributed by atoms with E-state index in [4.69, 9.17) is 10.8 Å². The molecule has 0 spiro atoms. The summed E-state index contributed by atoms with van der Waals surface area (Å²) in [5.41, 5.74) is 6.53. The van der Waals surface area contributed by atoms with Gasteiger partial charge in [-0.3, -0.25) is 10.7 Å². The van der Waals surface area contributed by atoms with Gasteiger partial charge in [-0.25, -0.2) is 22.5 Å². The number of nitrogen functional groups attached to an aromatic ring is 1. The summed E-state index contributed by atoms with van der Waals surface area (Å²) < 4.78 is 42.3. The molecule has 0 radical (unpaired) electrons. The number of aliphatic hydroxyl groups excluding tert-OH is 1. The average Bonchev–Trinajstić information content (AvgIpc) is 2.68. The Kier molecular flexibility index (Phi) is 5.63. The Bertz CT molecular complexity index is 1090. The van der Waals surface area contributed by atoms with E-state index in [2.05, 4.69) is 19.7 Å². The minimum atomic E-state index is -3.92. The zero-order chi connectivity index (χ0) is 20.3. The first kappa shape index (κ1) is 19.8. The maximum absolute atomic E-state index is 14.7. The van der Waals surface area contributed by atoms with Gasteiger partial charge >= 0.3 is 5.95 Å². The smallest absolute Gasteiger partial charge is 0.386 e. The van der Waals surface area contributed by atoms with E-state index in [1.807, 2.05) is 0 Å². The van der Waals surface area contributed by atoms with E-state index in [-0.39, 0.29) is 23.1 Å². The molecule has 3 aromatic rings. The van der Waals surface area contributed by atoms with Crippen molar-refractivity contribution in [1.82, 2.24) is 14.7 Å². The minimum absolute atomic E-state index is 0.0354.